The number of para-hydroxylation sites is 1. The summed E-state index contributed by atoms with van der Waals surface area (Å²) in [4.78, 5) is 4.09. The molecule has 0 N–H and O–H groups in total. The number of hydrogen-bond donors (Lipinski definition) is 0. The fourth-order valence-corrected chi connectivity index (χ4v) is 1.97. The maximum Gasteiger partial charge on any atom is 0.209 e. The second-order valence-corrected chi connectivity index (χ2v) is 4.46. The molecule has 0 fully saturated rings. The number of aromatic nitrogens is 1. The van der Waals surface area contributed by atoms with Crippen LogP contribution in [0.5, 0.6) is 11.5 Å². The smallest absolute Gasteiger partial charge is 0.209 e. The molecule has 1 aromatic heterocycles. The Morgan fingerprint density at radius 2 is 1.80 bits per heavy atom. The van der Waals surface area contributed by atoms with E-state index < -0.39 is 0 Å². The van der Waals surface area contributed by atoms with Gasteiger partial charge in [0, 0.05) is 5.56 Å². The van der Waals surface area contributed by atoms with Crippen molar-refractivity contribution < 1.29 is 9.15 Å². The summed E-state index contributed by atoms with van der Waals surface area (Å²) in [6, 6.07) is 17.3. The molecule has 0 aliphatic carbocycles. The lowest BCUT2D eigenvalue weighted by Crippen LogP contribution is -1.84. The van der Waals surface area contributed by atoms with Crippen LogP contribution in [0.4, 0.5) is 0 Å². The van der Waals surface area contributed by atoms with Gasteiger partial charge >= 0.3 is 0 Å². The Balaban J connectivity index is 1.86. The first-order valence-electron chi connectivity index (χ1n) is 6.19. The molecule has 0 saturated heterocycles. The van der Waals surface area contributed by atoms with Crippen molar-refractivity contribution in [3.05, 3.63) is 66.7 Å². The minimum atomic E-state index is 0.264. The molecular weight excluding hydrogens is 274 g/mol. The highest BCUT2D eigenvalue weighted by Gasteiger charge is 2.07. The molecule has 0 atom stereocenters. The standard InChI is InChI=1S/C16H12ClNO2/c17-10-16-18-11-15(20-16)12-5-4-8-14(9-12)19-13-6-2-1-3-7-13/h1-9,11H,10H2. The number of alkyl halides is 1. The van der Waals surface area contributed by atoms with Gasteiger partial charge in [0.05, 0.1) is 12.1 Å². The Morgan fingerprint density at radius 3 is 2.55 bits per heavy atom. The second-order valence-electron chi connectivity index (χ2n) is 4.19. The van der Waals surface area contributed by atoms with Crippen LogP contribution in [0.1, 0.15) is 5.89 Å². The Hall–Kier alpha value is -2.26. The number of rotatable bonds is 4. The Morgan fingerprint density at radius 1 is 1.00 bits per heavy atom. The Kier molecular flexibility index (Phi) is 3.70. The molecule has 0 unspecified atom stereocenters. The number of oxazole rings is 1. The van der Waals surface area contributed by atoms with E-state index in [9.17, 15) is 0 Å². The first-order chi connectivity index (χ1) is 9.85. The van der Waals surface area contributed by atoms with Gasteiger partial charge < -0.3 is 9.15 Å². The minimum Gasteiger partial charge on any atom is -0.457 e. The molecule has 3 aromatic rings. The number of nitrogens with zero attached hydrogens (tertiary/aromatic N) is 1. The van der Waals surface area contributed by atoms with Gasteiger partial charge in [-0.15, -0.1) is 11.6 Å². The molecule has 4 heteroatoms. The number of ether oxygens (including phenoxy) is 1. The predicted octanol–water partition coefficient (Wildman–Crippen LogP) is 4.87. The molecule has 1 heterocycles. The summed E-state index contributed by atoms with van der Waals surface area (Å²) in [6.45, 7) is 0. The van der Waals surface area contributed by atoms with Crippen LogP contribution in [0, 0.1) is 0 Å². The lowest BCUT2D eigenvalue weighted by atomic mass is 10.2. The maximum atomic E-state index is 5.79. The van der Waals surface area contributed by atoms with Gasteiger partial charge in [0.15, 0.2) is 5.76 Å². The third kappa shape index (κ3) is 2.83. The van der Waals surface area contributed by atoms with Crippen LogP contribution in [0.3, 0.4) is 0 Å². The van der Waals surface area contributed by atoms with Gasteiger partial charge in [-0.2, -0.15) is 0 Å². The average molecular weight is 286 g/mol. The van der Waals surface area contributed by atoms with Crippen molar-refractivity contribution in [1.82, 2.24) is 4.98 Å². The summed E-state index contributed by atoms with van der Waals surface area (Å²) in [5, 5.41) is 0. The lowest BCUT2D eigenvalue weighted by Gasteiger charge is -2.06. The molecule has 0 spiro atoms. The van der Waals surface area contributed by atoms with Gasteiger partial charge in [-0.05, 0) is 24.3 Å². The molecule has 0 amide bonds. The fourth-order valence-electron chi connectivity index (χ4n) is 1.84. The van der Waals surface area contributed by atoms with Crippen LogP contribution in [-0.2, 0) is 5.88 Å². The van der Waals surface area contributed by atoms with E-state index in [-0.39, 0.29) is 5.88 Å². The van der Waals surface area contributed by atoms with E-state index in [1.54, 1.807) is 6.20 Å². The van der Waals surface area contributed by atoms with Crippen molar-refractivity contribution in [2.75, 3.05) is 0 Å². The molecule has 20 heavy (non-hydrogen) atoms. The van der Waals surface area contributed by atoms with Crippen molar-refractivity contribution in [3.8, 4) is 22.8 Å². The first-order valence-corrected chi connectivity index (χ1v) is 6.72. The Bertz CT molecular complexity index is 694. The van der Waals surface area contributed by atoms with Crippen molar-refractivity contribution in [1.29, 1.82) is 0 Å². The molecule has 0 aliphatic heterocycles. The van der Waals surface area contributed by atoms with Crippen LogP contribution in [0.15, 0.2) is 65.2 Å². The summed E-state index contributed by atoms with van der Waals surface area (Å²) in [6.07, 6.45) is 1.67. The second kappa shape index (κ2) is 5.80. The fraction of sp³-hybridized carbons (Fsp3) is 0.0625. The summed E-state index contributed by atoms with van der Waals surface area (Å²) in [7, 11) is 0. The van der Waals surface area contributed by atoms with E-state index >= 15 is 0 Å². The van der Waals surface area contributed by atoms with E-state index in [4.69, 9.17) is 20.8 Å². The quantitative estimate of drug-likeness (QED) is 0.641. The molecule has 0 aliphatic rings. The monoisotopic (exact) mass is 285 g/mol. The van der Waals surface area contributed by atoms with Gasteiger partial charge in [0.1, 0.15) is 11.5 Å². The molecule has 100 valence electrons. The van der Waals surface area contributed by atoms with Gasteiger partial charge in [0.25, 0.3) is 0 Å². The third-order valence-electron chi connectivity index (χ3n) is 2.77. The SMILES string of the molecule is ClCc1ncc(-c2cccc(Oc3ccccc3)c2)o1. The zero-order chi connectivity index (χ0) is 13.8. The summed E-state index contributed by atoms with van der Waals surface area (Å²) in [5.41, 5.74) is 0.905. The van der Waals surface area contributed by atoms with Crippen LogP contribution in [0.25, 0.3) is 11.3 Å². The van der Waals surface area contributed by atoms with Crippen molar-refractivity contribution >= 4 is 11.6 Å². The van der Waals surface area contributed by atoms with Crippen molar-refractivity contribution in [2.24, 2.45) is 0 Å². The highest BCUT2D eigenvalue weighted by Crippen LogP contribution is 2.27. The Labute approximate surface area is 121 Å². The largest absolute Gasteiger partial charge is 0.457 e. The van der Waals surface area contributed by atoms with E-state index in [0.29, 0.717) is 11.7 Å². The van der Waals surface area contributed by atoms with Gasteiger partial charge in [-0.1, -0.05) is 30.3 Å². The van der Waals surface area contributed by atoms with E-state index in [1.807, 2.05) is 54.6 Å². The van der Waals surface area contributed by atoms with Gasteiger partial charge in [-0.3, -0.25) is 0 Å². The zero-order valence-electron chi connectivity index (χ0n) is 10.6. The molecule has 2 aromatic carbocycles. The van der Waals surface area contributed by atoms with Crippen molar-refractivity contribution in [3.63, 3.8) is 0 Å². The highest BCUT2D eigenvalue weighted by molar-refractivity contribution is 6.16. The highest BCUT2D eigenvalue weighted by atomic mass is 35.5. The number of hydrogen-bond acceptors (Lipinski definition) is 3. The van der Waals surface area contributed by atoms with Gasteiger partial charge in [0.2, 0.25) is 5.89 Å². The van der Waals surface area contributed by atoms with E-state index in [2.05, 4.69) is 4.98 Å². The van der Waals surface area contributed by atoms with E-state index in [1.165, 1.54) is 0 Å². The van der Waals surface area contributed by atoms with Crippen LogP contribution in [-0.4, -0.2) is 4.98 Å². The number of halogens is 1. The minimum absolute atomic E-state index is 0.264. The first kappa shape index (κ1) is 12.8. The average Bonchev–Trinajstić information content (AvgIpc) is 2.98. The summed E-state index contributed by atoms with van der Waals surface area (Å²) in [5.74, 6) is 3.00. The number of benzene rings is 2. The molecule has 3 rings (SSSR count). The summed E-state index contributed by atoms with van der Waals surface area (Å²) >= 11 is 5.69. The molecule has 0 bridgehead atoms. The topological polar surface area (TPSA) is 35.3 Å². The maximum absolute atomic E-state index is 5.79. The van der Waals surface area contributed by atoms with Gasteiger partial charge in [-0.25, -0.2) is 4.98 Å². The lowest BCUT2D eigenvalue weighted by molar-refractivity contribution is 0.482. The van der Waals surface area contributed by atoms with Crippen LogP contribution < -0.4 is 4.74 Å². The van der Waals surface area contributed by atoms with Crippen LogP contribution >= 0.6 is 11.6 Å². The summed E-state index contributed by atoms with van der Waals surface area (Å²) < 4.78 is 11.3. The third-order valence-corrected chi connectivity index (χ3v) is 2.99. The molecule has 3 nitrogen and oxygen atoms in total. The molecule has 0 saturated carbocycles. The van der Waals surface area contributed by atoms with Crippen molar-refractivity contribution in [2.45, 2.75) is 5.88 Å². The molecular formula is C16H12ClNO2. The molecule has 0 radical (unpaired) electrons. The normalized spacial score (nSPS) is 10.4. The van der Waals surface area contributed by atoms with Crippen LogP contribution in [0.2, 0.25) is 0 Å². The predicted molar refractivity (Wildman–Crippen MR) is 78.0 cm³/mol. The van der Waals surface area contributed by atoms with E-state index in [0.717, 1.165) is 17.1 Å². The zero-order valence-corrected chi connectivity index (χ0v) is 11.4.